The molecule has 0 aliphatic carbocycles. The summed E-state index contributed by atoms with van der Waals surface area (Å²) in [6.45, 7) is 0. The number of rotatable bonds is 9. The summed E-state index contributed by atoms with van der Waals surface area (Å²) in [5.74, 6) is 1.73. The lowest BCUT2D eigenvalue weighted by atomic mass is 9.94. The van der Waals surface area contributed by atoms with Crippen LogP contribution in [0.15, 0.2) is 303 Å². The topological polar surface area (TPSA) is 82.2 Å². The number of para-hydroxylation sites is 6. The van der Waals surface area contributed by atoms with Gasteiger partial charge >= 0.3 is 0 Å². The van der Waals surface area contributed by atoms with E-state index in [1.807, 2.05) is 72.8 Å². The molecule has 418 valence electrons. The van der Waals surface area contributed by atoms with Crippen LogP contribution < -0.4 is 0 Å². The second-order valence-electron chi connectivity index (χ2n) is 23.0. The van der Waals surface area contributed by atoms with Gasteiger partial charge in [0.1, 0.15) is 0 Å². The van der Waals surface area contributed by atoms with Gasteiger partial charge in [0.15, 0.2) is 17.5 Å². The van der Waals surface area contributed by atoms with Crippen LogP contribution in [0.4, 0.5) is 0 Å². The largest absolute Gasteiger partial charge is 0.309 e. The Morgan fingerprint density at radius 3 is 1.07 bits per heavy atom. The zero-order valence-electron chi connectivity index (χ0n) is 48.4. The van der Waals surface area contributed by atoms with E-state index in [2.05, 4.69) is 255 Å². The first-order valence-electron chi connectivity index (χ1n) is 30.3. The van der Waals surface area contributed by atoms with Gasteiger partial charge in [-0.1, -0.05) is 200 Å². The molecule has 0 aliphatic rings. The van der Waals surface area contributed by atoms with E-state index in [1.165, 1.54) is 26.9 Å². The van der Waals surface area contributed by atoms with Gasteiger partial charge in [-0.05, 0) is 114 Å². The number of fused-ring (bicyclic) bond motifs is 14. The third-order valence-corrected chi connectivity index (χ3v) is 18.0. The smallest absolute Gasteiger partial charge is 0.164 e. The van der Waals surface area contributed by atoms with Gasteiger partial charge in [-0.2, -0.15) is 5.26 Å². The fraction of sp³-hybridized carbons (Fsp3) is 0. The Bertz CT molecular complexity index is 5890. The highest BCUT2D eigenvalue weighted by molar-refractivity contribution is 6.28. The molecule has 0 amide bonds. The molecule has 0 unspecified atom stereocenters. The Morgan fingerprint density at radius 1 is 0.256 bits per heavy atom. The van der Waals surface area contributed by atoms with Crippen LogP contribution in [-0.4, -0.2) is 33.2 Å². The average Bonchev–Trinajstić information content (AvgIpc) is 1.56. The molecule has 8 heteroatoms. The molecule has 8 nitrogen and oxygen atoms in total. The molecule has 0 spiro atoms. The van der Waals surface area contributed by atoms with Crippen molar-refractivity contribution in [3.63, 3.8) is 0 Å². The van der Waals surface area contributed by atoms with Crippen molar-refractivity contribution < 1.29 is 0 Å². The first kappa shape index (κ1) is 50.8. The van der Waals surface area contributed by atoms with E-state index in [0.717, 1.165) is 122 Å². The average molecular weight is 1150 g/mol. The minimum Gasteiger partial charge on any atom is -0.309 e. The van der Waals surface area contributed by atoms with Crippen LogP contribution >= 0.6 is 0 Å². The van der Waals surface area contributed by atoms with E-state index in [9.17, 15) is 5.26 Å². The highest BCUT2D eigenvalue weighted by Crippen LogP contribution is 2.47. The predicted octanol–water partition coefficient (Wildman–Crippen LogP) is 20.5. The summed E-state index contributed by atoms with van der Waals surface area (Å²) < 4.78 is 9.76. The fourth-order valence-corrected chi connectivity index (χ4v) is 14.1. The maximum atomic E-state index is 10.2. The van der Waals surface area contributed by atoms with Gasteiger partial charge in [0.25, 0.3) is 0 Å². The summed E-state index contributed by atoms with van der Waals surface area (Å²) in [4.78, 5) is 15.7. The standard InChI is InChI=1S/C82H50N8/c83-51-52-37-39-53(40-38-52)66-49-56(41-45-72(66)89-70-35-19-15-31-64(70)76-74(89)47-43-62-60-29-13-17-33-68(60)87(78(62)76)58-25-9-3-10-26-58)67-50-57(82-85-80(54-21-5-1-6-22-54)84-81(86-82)55-23-7-2-8-24-55)42-46-73(67)90-71-36-20-16-32-65(71)77-75(90)48-44-63-61-30-14-18-34-69(61)88(79(63)77)59-27-11-4-12-28-59/h1-50H. The minimum atomic E-state index is 0.556. The summed E-state index contributed by atoms with van der Waals surface area (Å²) in [5.41, 5.74) is 20.2. The summed E-state index contributed by atoms with van der Waals surface area (Å²) in [6, 6.07) is 110. The van der Waals surface area contributed by atoms with Crippen molar-refractivity contribution in [3.05, 3.63) is 309 Å². The molecule has 90 heavy (non-hydrogen) atoms. The van der Waals surface area contributed by atoms with Crippen molar-refractivity contribution in [2.45, 2.75) is 0 Å². The van der Waals surface area contributed by atoms with Crippen molar-refractivity contribution in [2.75, 3.05) is 0 Å². The first-order valence-corrected chi connectivity index (χ1v) is 30.3. The molecule has 0 atom stereocenters. The highest BCUT2D eigenvalue weighted by atomic mass is 15.1. The lowest BCUT2D eigenvalue weighted by Gasteiger charge is -2.19. The van der Waals surface area contributed by atoms with Gasteiger partial charge in [-0.25, -0.2) is 15.0 Å². The Kier molecular flexibility index (Phi) is 11.5. The van der Waals surface area contributed by atoms with E-state index >= 15 is 0 Å². The van der Waals surface area contributed by atoms with Gasteiger partial charge in [-0.15, -0.1) is 0 Å². The van der Waals surface area contributed by atoms with Crippen molar-refractivity contribution in [2.24, 2.45) is 0 Å². The monoisotopic (exact) mass is 1150 g/mol. The molecule has 0 radical (unpaired) electrons. The van der Waals surface area contributed by atoms with Gasteiger partial charge in [0, 0.05) is 82.3 Å². The lowest BCUT2D eigenvalue weighted by molar-refractivity contribution is 1.07. The molecule has 5 aromatic heterocycles. The van der Waals surface area contributed by atoms with Crippen molar-refractivity contribution >= 4 is 87.2 Å². The van der Waals surface area contributed by atoms with E-state index in [-0.39, 0.29) is 0 Å². The zero-order valence-corrected chi connectivity index (χ0v) is 48.4. The summed E-state index contributed by atoms with van der Waals surface area (Å²) in [7, 11) is 0. The Labute approximate surface area is 516 Å². The molecular weight excluding hydrogens is 1100 g/mol. The first-order chi connectivity index (χ1) is 44.6. The minimum absolute atomic E-state index is 0.556. The van der Waals surface area contributed by atoms with E-state index < -0.39 is 0 Å². The fourth-order valence-electron chi connectivity index (χ4n) is 14.1. The van der Waals surface area contributed by atoms with Crippen LogP contribution in [0.1, 0.15) is 5.56 Å². The predicted molar refractivity (Wildman–Crippen MR) is 369 cm³/mol. The third-order valence-electron chi connectivity index (χ3n) is 18.0. The Balaban J connectivity index is 0.938. The number of nitrogens with zero attached hydrogens (tertiary/aromatic N) is 8. The van der Waals surface area contributed by atoms with Crippen molar-refractivity contribution in [3.8, 4) is 85.2 Å². The maximum Gasteiger partial charge on any atom is 0.164 e. The van der Waals surface area contributed by atoms with Crippen LogP contribution in [0.3, 0.4) is 0 Å². The quantitative estimate of drug-likeness (QED) is 0.144. The maximum absolute atomic E-state index is 10.2. The lowest BCUT2D eigenvalue weighted by Crippen LogP contribution is -2.02. The molecule has 0 saturated heterocycles. The molecule has 18 aromatic rings. The zero-order chi connectivity index (χ0) is 59.4. The van der Waals surface area contributed by atoms with Crippen LogP contribution in [0.5, 0.6) is 0 Å². The second-order valence-corrected chi connectivity index (χ2v) is 23.0. The van der Waals surface area contributed by atoms with Crippen molar-refractivity contribution in [1.82, 2.24) is 33.2 Å². The molecule has 18 rings (SSSR count). The Hall–Kier alpha value is -12.4. The van der Waals surface area contributed by atoms with Gasteiger partial charge in [-0.3, -0.25) is 0 Å². The third kappa shape index (κ3) is 7.83. The van der Waals surface area contributed by atoms with Crippen LogP contribution in [0.25, 0.3) is 166 Å². The number of benzene rings is 13. The van der Waals surface area contributed by atoms with E-state index in [4.69, 9.17) is 15.0 Å². The van der Waals surface area contributed by atoms with Crippen molar-refractivity contribution in [1.29, 1.82) is 5.26 Å². The number of aromatic nitrogens is 7. The second kappa shape index (κ2) is 20.3. The normalized spacial score (nSPS) is 11.8. The molecular formula is C82H50N8. The summed E-state index contributed by atoms with van der Waals surface area (Å²) in [5, 5.41) is 19.6. The van der Waals surface area contributed by atoms with E-state index in [1.54, 1.807) is 0 Å². The summed E-state index contributed by atoms with van der Waals surface area (Å²) >= 11 is 0. The number of hydrogen-bond donors (Lipinski definition) is 0. The number of nitriles is 1. The molecule has 0 saturated carbocycles. The van der Waals surface area contributed by atoms with Crippen LogP contribution in [0.2, 0.25) is 0 Å². The molecule has 0 N–H and O–H groups in total. The Morgan fingerprint density at radius 2 is 0.611 bits per heavy atom. The molecule has 5 heterocycles. The highest BCUT2D eigenvalue weighted by Gasteiger charge is 2.26. The molecule has 0 fully saturated rings. The van der Waals surface area contributed by atoms with E-state index in [0.29, 0.717) is 23.0 Å². The van der Waals surface area contributed by atoms with Crippen LogP contribution in [-0.2, 0) is 0 Å². The van der Waals surface area contributed by atoms with Gasteiger partial charge in [0.2, 0.25) is 0 Å². The molecule has 0 aliphatic heterocycles. The molecule has 13 aromatic carbocycles. The summed E-state index contributed by atoms with van der Waals surface area (Å²) in [6.07, 6.45) is 0. The van der Waals surface area contributed by atoms with Crippen LogP contribution in [0, 0.1) is 11.3 Å². The molecule has 0 bridgehead atoms. The van der Waals surface area contributed by atoms with Gasteiger partial charge in [0.05, 0.1) is 67.1 Å². The number of hydrogen-bond acceptors (Lipinski definition) is 4. The SMILES string of the molecule is N#Cc1ccc(-c2cc(-c3cc(-c4nc(-c5ccccc5)nc(-c5ccccc5)n4)ccc3-n3c4ccccc4c4c3ccc3c5ccccc5n(-c5ccccc5)c34)ccc2-n2c3ccccc3c3c2ccc2c4ccccc4n(-c4ccccc4)c23)cc1. The van der Waals surface area contributed by atoms with Gasteiger partial charge < -0.3 is 18.3 Å².